The van der Waals surface area contributed by atoms with E-state index in [0.717, 1.165) is 13.8 Å². The molecule has 33 heavy (non-hydrogen) atoms. The van der Waals surface area contributed by atoms with Crippen molar-refractivity contribution in [3.63, 3.8) is 0 Å². The van der Waals surface area contributed by atoms with Gasteiger partial charge < -0.3 is 9.05 Å². The topological polar surface area (TPSA) is 142 Å². The first-order valence-corrected chi connectivity index (χ1v) is 9.77. The van der Waals surface area contributed by atoms with Gasteiger partial charge in [0.25, 0.3) is 0 Å². The first-order chi connectivity index (χ1) is 14.8. The van der Waals surface area contributed by atoms with Crippen LogP contribution in [-0.4, -0.2) is 14.7 Å². The molecule has 17 heteroatoms. The summed E-state index contributed by atoms with van der Waals surface area (Å²) in [6.45, 7) is 1.76. The highest BCUT2D eigenvalue weighted by Crippen LogP contribution is 2.52. The molecule has 0 heterocycles. The van der Waals surface area contributed by atoms with Gasteiger partial charge in [0.1, 0.15) is 0 Å². The lowest BCUT2D eigenvalue weighted by molar-refractivity contribution is -0.386. The number of hydrogen-bond donors (Lipinski definition) is 1. The number of alkyl halides is 6. The second-order valence-corrected chi connectivity index (χ2v) is 7.75. The molecule has 1 N–H and O–H groups in total. The van der Waals surface area contributed by atoms with Gasteiger partial charge in [0.2, 0.25) is 11.5 Å². The average Bonchev–Trinajstić information content (AvgIpc) is 2.62. The van der Waals surface area contributed by atoms with E-state index >= 15 is 0 Å². The summed E-state index contributed by atoms with van der Waals surface area (Å²) in [4.78, 5) is 29.6. The van der Waals surface area contributed by atoms with Crippen molar-refractivity contribution in [1.82, 2.24) is 0 Å². The van der Waals surface area contributed by atoms with Gasteiger partial charge in [0.15, 0.2) is 0 Å². The van der Waals surface area contributed by atoms with Crippen LogP contribution in [0.2, 0.25) is 0 Å². The monoisotopic (exact) mass is 504 g/mol. The van der Waals surface area contributed by atoms with E-state index in [1.165, 1.54) is 0 Å². The summed E-state index contributed by atoms with van der Waals surface area (Å²) < 4.78 is 98.9. The largest absolute Gasteiger partial charge is 0.585 e. The van der Waals surface area contributed by atoms with E-state index in [-0.39, 0.29) is 12.1 Å². The first-order valence-electron chi connectivity index (χ1n) is 8.28. The maximum absolute atomic E-state index is 12.9. The molecule has 0 fully saturated rings. The fraction of sp³-hybridized carbons (Fsp3) is 0.250. The zero-order chi connectivity index (χ0) is 25.5. The van der Waals surface area contributed by atoms with Gasteiger partial charge in [-0.25, -0.2) is 4.57 Å². The number of rotatable bonds is 6. The van der Waals surface area contributed by atoms with Gasteiger partial charge in [0.05, 0.1) is 21.0 Å². The standard InChI is InChI=1S/C16H11F6N2O8P/c1-7-3-9(15(17,18)19)5-11(23(25)26)13(7)31-33(29,30)32-14-8(2)4-10(16(20,21)22)6-12(14)24(27)28/h3-6H,1-2H3,(H,29,30). The Morgan fingerprint density at radius 3 is 1.33 bits per heavy atom. The van der Waals surface area contributed by atoms with Crippen molar-refractivity contribution in [2.75, 3.05) is 0 Å². The van der Waals surface area contributed by atoms with E-state index in [1.54, 1.807) is 0 Å². The molecular formula is C16H11F6N2O8P. The van der Waals surface area contributed by atoms with Crippen molar-refractivity contribution in [2.24, 2.45) is 0 Å². The molecule has 0 aromatic heterocycles. The molecule has 0 aliphatic carbocycles. The van der Waals surface area contributed by atoms with Crippen LogP contribution >= 0.6 is 7.82 Å². The van der Waals surface area contributed by atoms with Gasteiger partial charge in [-0.3, -0.25) is 25.1 Å². The lowest BCUT2D eigenvalue weighted by Gasteiger charge is -2.18. The molecule has 2 rings (SSSR count). The Kier molecular flexibility index (Phi) is 6.67. The molecule has 0 radical (unpaired) electrons. The second kappa shape index (κ2) is 8.51. The molecule has 0 amide bonds. The van der Waals surface area contributed by atoms with Crippen LogP contribution in [0.1, 0.15) is 22.3 Å². The number of nitro groups is 2. The molecule has 0 saturated heterocycles. The predicted molar refractivity (Wildman–Crippen MR) is 96.8 cm³/mol. The minimum absolute atomic E-state index is 0.0220. The van der Waals surface area contributed by atoms with Crippen LogP contribution in [-0.2, 0) is 16.9 Å². The van der Waals surface area contributed by atoms with Crippen molar-refractivity contribution >= 4 is 19.2 Å². The van der Waals surface area contributed by atoms with Crippen molar-refractivity contribution in [2.45, 2.75) is 26.2 Å². The Hall–Kier alpha value is -3.39. The number of benzene rings is 2. The lowest BCUT2D eigenvalue weighted by Crippen LogP contribution is -2.10. The van der Waals surface area contributed by atoms with Gasteiger partial charge in [-0.1, -0.05) is 0 Å². The number of aryl methyl sites for hydroxylation is 2. The predicted octanol–water partition coefficient (Wildman–Crippen LogP) is 5.72. The molecule has 0 aliphatic rings. The summed E-state index contributed by atoms with van der Waals surface area (Å²) in [5, 5.41) is 22.4. The molecule has 0 atom stereocenters. The number of phosphoric acid groups is 1. The zero-order valence-electron chi connectivity index (χ0n) is 16.2. The fourth-order valence-electron chi connectivity index (χ4n) is 2.60. The average molecular weight is 504 g/mol. The third-order valence-corrected chi connectivity index (χ3v) is 4.80. The van der Waals surface area contributed by atoms with E-state index in [0.29, 0.717) is 12.1 Å². The molecule has 0 saturated carbocycles. The molecule has 0 bridgehead atoms. The molecule has 180 valence electrons. The molecular weight excluding hydrogens is 493 g/mol. The smallest absolute Gasteiger partial charge is 0.388 e. The quantitative estimate of drug-likeness (QED) is 0.228. The van der Waals surface area contributed by atoms with E-state index in [4.69, 9.17) is 0 Å². The van der Waals surface area contributed by atoms with Crippen LogP contribution in [0.5, 0.6) is 11.5 Å². The summed E-state index contributed by atoms with van der Waals surface area (Å²) in [6.07, 6.45) is -10.0. The number of nitrogens with zero attached hydrogens (tertiary/aromatic N) is 2. The maximum Gasteiger partial charge on any atom is 0.585 e. The van der Waals surface area contributed by atoms with Crippen LogP contribution in [0.4, 0.5) is 37.7 Å². The molecule has 0 aliphatic heterocycles. The zero-order valence-corrected chi connectivity index (χ0v) is 17.1. The van der Waals surface area contributed by atoms with Gasteiger partial charge >= 0.3 is 31.6 Å². The summed E-state index contributed by atoms with van der Waals surface area (Å²) >= 11 is 0. The molecule has 0 spiro atoms. The summed E-state index contributed by atoms with van der Waals surface area (Å²) in [5.74, 6) is -2.24. The van der Waals surface area contributed by atoms with Crippen LogP contribution in [0.15, 0.2) is 24.3 Å². The lowest BCUT2D eigenvalue weighted by atomic mass is 10.1. The van der Waals surface area contributed by atoms with Gasteiger partial charge in [-0.2, -0.15) is 26.3 Å². The third kappa shape index (κ3) is 5.90. The van der Waals surface area contributed by atoms with Crippen LogP contribution in [0, 0.1) is 34.1 Å². The molecule has 10 nitrogen and oxygen atoms in total. The van der Waals surface area contributed by atoms with Crippen LogP contribution < -0.4 is 9.05 Å². The van der Waals surface area contributed by atoms with Gasteiger partial charge in [0, 0.05) is 12.1 Å². The summed E-state index contributed by atoms with van der Waals surface area (Å²) in [6, 6.07) is 0.782. The Morgan fingerprint density at radius 2 is 1.09 bits per heavy atom. The van der Waals surface area contributed by atoms with E-state index in [9.17, 15) is 56.0 Å². The number of nitro benzene ring substituents is 2. The number of phosphoric ester groups is 1. The second-order valence-electron chi connectivity index (χ2n) is 6.44. The van der Waals surface area contributed by atoms with Crippen LogP contribution in [0.3, 0.4) is 0 Å². The Balaban J connectivity index is 2.55. The highest BCUT2D eigenvalue weighted by Gasteiger charge is 2.40. The normalized spacial score (nSPS) is 12.4. The van der Waals surface area contributed by atoms with Crippen molar-refractivity contribution in [1.29, 1.82) is 0 Å². The summed E-state index contributed by atoms with van der Waals surface area (Å²) in [5.41, 5.74) is -6.93. The number of halogens is 6. The summed E-state index contributed by atoms with van der Waals surface area (Å²) in [7, 11) is -5.61. The molecule has 0 unspecified atom stereocenters. The highest BCUT2D eigenvalue weighted by molar-refractivity contribution is 7.48. The minimum atomic E-state index is -5.61. The molecule has 2 aromatic rings. The van der Waals surface area contributed by atoms with E-state index in [2.05, 4.69) is 9.05 Å². The Morgan fingerprint density at radius 1 is 0.788 bits per heavy atom. The number of hydrogen-bond acceptors (Lipinski definition) is 7. The highest BCUT2D eigenvalue weighted by atomic mass is 31.2. The fourth-order valence-corrected chi connectivity index (χ4v) is 3.57. The van der Waals surface area contributed by atoms with E-state index < -0.39 is 75.1 Å². The third-order valence-electron chi connectivity index (χ3n) is 3.97. The Labute approximate surface area is 179 Å². The van der Waals surface area contributed by atoms with Gasteiger partial charge in [-0.15, -0.1) is 0 Å². The SMILES string of the molecule is Cc1cc(C(F)(F)F)cc([N+](=O)[O-])c1OP(=O)(O)Oc1c(C)cc(C(F)(F)F)cc1[N+](=O)[O-]. The maximum atomic E-state index is 12.9. The Bertz CT molecular complexity index is 1090. The van der Waals surface area contributed by atoms with Crippen molar-refractivity contribution in [3.8, 4) is 11.5 Å². The van der Waals surface area contributed by atoms with E-state index in [1.807, 2.05) is 0 Å². The first kappa shape index (κ1) is 25.9. The van der Waals surface area contributed by atoms with Crippen molar-refractivity contribution < 1.29 is 54.7 Å². The molecule has 2 aromatic carbocycles. The van der Waals surface area contributed by atoms with Crippen molar-refractivity contribution in [3.05, 3.63) is 66.7 Å². The van der Waals surface area contributed by atoms with Crippen LogP contribution in [0.25, 0.3) is 0 Å². The van der Waals surface area contributed by atoms with Gasteiger partial charge in [-0.05, 0) is 37.1 Å². The minimum Gasteiger partial charge on any atom is -0.388 e.